The second-order valence-corrected chi connectivity index (χ2v) is 6.00. The minimum absolute atomic E-state index is 0.383. The van der Waals surface area contributed by atoms with E-state index in [0.717, 1.165) is 36.8 Å². The summed E-state index contributed by atoms with van der Waals surface area (Å²) in [6, 6.07) is 10.9. The molecule has 0 aliphatic heterocycles. The molecule has 2 aromatic rings. The van der Waals surface area contributed by atoms with Crippen molar-refractivity contribution < 1.29 is 19.8 Å². The number of carbonyl (C=O) groups is 2. The number of carboxylic acids is 2. The zero-order valence-electron chi connectivity index (χ0n) is 16.0. The Hall–Kier alpha value is -2.62. The standard InChI is InChI=1S/2C11H14O2/c1-3-8-5-6-10(11(12)13)7-9(8)4-2;1-3-8-5-6-10(11(12)13)9(4-2)7-8/h2*5-7H,3-4H2,1-2H3,(H,12,13). The molecule has 0 aliphatic carbocycles. The largest absolute Gasteiger partial charge is 0.478 e. The van der Waals surface area contributed by atoms with Crippen LogP contribution < -0.4 is 0 Å². The predicted octanol–water partition coefficient (Wildman–Crippen LogP) is 5.02. The highest BCUT2D eigenvalue weighted by Crippen LogP contribution is 2.14. The highest BCUT2D eigenvalue weighted by atomic mass is 16.4. The number of benzene rings is 2. The third kappa shape index (κ3) is 5.73. The monoisotopic (exact) mass is 356 g/mol. The normalized spacial score (nSPS) is 10.0. The number of rotatable bonds is 6. The molecule has 2 N–H and O–H groups in total. The van der Waals surface area contributed by atoms with Crippen molar-refractivity contribution in [3.8, 4) is 0 Å². The molecule has 4 nitrogen and oxygen atoms in total. The molecule has 0 saturated heterocycles. The van der Waals surface area contributed by atoms with Gasteiger partial charge in [-0.15, -0.1) is 0 Å². The fourth-order valence-corrected chi connectivity index (χ4v) is 2.80. The van der Waals surface area contributed by atoms with E-state index in [1.54, 1.807) is 18.2 Å². The molecular formula is C22H28O4. The maximum Gasteiger partial charge on any atom is 0.335 e. The molecule has 0 unspecified atom stereocenters. The van der Waals surface area contributed by atoms with E-state index in [2.05, 4.69) is 13.8 Å². The molecule has 2 rings (SSSR count). The number of aromatic carboxylic acids is 2. The Balaban J connectivity index is 0.000000260. The fourth-order valence-electron chi connectivity index (χ4n) is 2.80. The Labute approximate surface area is 155 Å². The lowest BCUT2D eigenvalue weighted by Crippen LogP contribution is -2.02. The molecule has 2 aromatic carbocycles. The molecule has 0 bridgehead atoms. The van der Waals surface area contributed by atoms with E-state index in [0.29, 0.717) is 11.1 Å². The van der Waals surface area contributed by atoms with Crippen molar-refractivity contribution >= 4 is 11.9 Å². The van der Waals surface area contributed by atoms with Crippen molar-refractivity contribution in [3.63, 3.8) is 0 Å². The van der Waals surface area contributed by atoms with Crippen LogP contribution in [0, 0.1) is 0 Å². The lowest BCUT2D eigenvalue weighted by molar-refractivity contribution is 0.0685. The van der Waals surface area contributed by atoms with Gasteiger partial charge in [0.1, 0.15) is 0 Å². The maximum absolute atomic E-state index is 10.8. The summed E-state index contributed by atoms with van der Waals surface area (Å²) in [6.07, 6.45) is 3.58. The van der Waals surface area contributed by atoms with Crippen LogP contribution in [0.2, 0.25) is 0 Å². The van der Waals surface area contributed by atoms with E-state index in [1.165, 1.54) is 11.1 Å². The van der Waals surface area contributed by atoms with E-state index < -0.39 is 11.9 Å². The quantitative estimate of drug-likeness (QED) is 0.762. The van der Waals surface area contributed by atoms with Crippen LogP contribution in [0.15, 0.2) is 36.4 Å². The molecule has 0 atom stereocenters. The molecule has 0 heterocycles. The van der Waals surface area contributed by atoms with Gasteiger partial charge in [0.25, 0.3) is 0 Å². The van der Waals surface area contributed by atoms with E-state index >= 15 is 0 Å². The molecule has 0 aliphatic rings. The molecular weight excluding hydrogens is 328 g/mol. The Bertz CT molecular complexity index is 763. The van der Waals surface area contributed by atoms with Gasteiger partial charge in [-0.25, -0.2) is 9.59 Å². The third-order valence-electron chi connectivity index (χ3n) is 4.40. The minimum Gasteiger partial charge on any atom is -0.478 e. The van der Waals surface area contributed by atoms with Crippen molar-refractivity contribution in [1.29, 1.82) is 0 Å². The van der Waals surface area contributed by atoms with Gasteiger partial charge in [-0.3, -0.25) is 0 Å². The van der Waals surface area contributed by atoms with Crippen molar-refractivity contribution in [3.05, 3.63) is 69.8 Å². The molecule has 0 aromatic heterocycles. The van der Waals surface area contributed by atoms with Gasteiger partial charge in [-0.1, -0.05) is 45.9 Å². The van der Waals surface area contributed by atoms with Gasteiger partial charge in [0.15, 0.2) is 0 Å². The first-order valence-electron chi connectivity index (χ1n) is 9.07. The average molecular weight is 356 g/mol. The van der Waals surface area contributed by atoms with Crippen LogP contribution in [-0.4, -0.2) is 22.2 Å². The highest BCUT2D eigenvalue weighted by molar-refractivity contribution is 5.89. The molecule has 0 radical (unpaired) electrons. The van der Waals surface area contributed by atoms with Crippen LogP contribution in [0.3, 0.4) is 0 Å². The van der Waals surface area contributed by atoms with Crippen molar-refractivity contribution in [1.82, 2.24) is 0 Å². The molecule has 26 heavy (non-hydrogen) atoms. The molecule has 140 valence electrons. The summed E-state index contributed by atoms with van der Waals surface area (Å²) >= 11 is 0. The summed E-state index contributed by atoms with van der Waals surface area (Å²) in [5.74, 6) is -1.68. The van der Waals surface area contributed by atoms with Gasteiger partial charge in [-0.05, 0) is 66.1 Å². The van der Waals surface area contributed by atoms with E-state index in [-0.39, 0.29) is 0 Å². The predicted molar refractivity (Wildman–Crippen MR) is 104 cm³/mol. The zero-order chi connectivity index (χ0) is 19.7. The first-order chi connectivity index (χ1) is 12.4. The second kappa shape index (κ2) is 10.4. The van der Waals surface area contributed by atoms with Gasteiger partial charge in [0.05, 0.1) is 11.1 Å². The lowest BCUT2D eigenvalue weighted by atomic mass is 10.0. The second-order valence-electron chi connectivity index (χ2n) is 6.00. The summed E-state index contributed by atoms with van der Waals surface area (Å²) in [6.45, 7) is 8.16. The Morgan fingerprint density at radius 3 is 1.77 bits per heavy atom. The number of carboxylic acid groups (broad SMARTS) is 2. The summed E-state index contributed by atoms with van der Waals surface area (Å²) in [7, 11) is 0. The third-order valence-corrected chi connectivity index (χ3v) is 4.40. The van der Waals surface area contributed by atoms with Gasteiger partial charge >= 0.3 is 11.9 Å². The fraction of sp³-hybridized carbons (Fsp3) is 0.364. The van der Waals surface area contributed by atoms with Crippen LogP contribution in [0.4, 0.5) is 0 Å². The lowest BCUT2D eigenvalue weighted by Gasteiger charge is -2.05. The summed E-state index contributed by atoms with van der Waals surface area (Å²) < 4.78 is 0. The summed E-state index contributed by atoms with van der Waals surface area (Å²) in [5, 5.41) is 17.6. The maximum atomic E-state index is 10.8. The van der Waals surface area contributed by atoms with Gasteiger partial charge in [-0.2, -0.15) is 0 Å². The van der Waals surface area contributed by atoms with Gasteiger partial charge < -0.3 is 10.2 Å². The first kappa shape index (κ1) is 21.4. The van der Waals surface area contributed by atoms with E-state index in [9.17, 15) is 9.59 Å². The van der Waals surface area contributed by atoms with Crippen LogP contribution >= 0.6 is 0 Å². The van der Waals surface area contributed by atoms with Crippen LogP contribution in [0.5, 0.6) is 0 Å². The number of hydrogen-bond acceptors (Lipinski definition) is 2. The smallest absolute Gasteiger partial charge is 0.335 e. The zero-order valence-corrected chi connectivity index (χ0v) is 16.0. The summed E-state index contributed by atoms with van der Waals surface area (Å²) in [5.41, 5.74) is 5.32. The topological polar surface area (TPSA) is 74.6 Å². The SMILES string of the molecule is CCc1ccc(C(=O)O)c(CC)c1.CCc1ccc(C(=O)O)cc1CC. The van der Waals surface area contributed by atoms with Crippen molar-refractivity contribution in [2.75, 3.05) is 0 Å². The van der Waals surface area contributed by atoms with Crippen molar-refractivity contribution in [2.24, 2.45) is 0 Å². The molecule has 0 amide bonds. The molecule has 4 heteroatoms. The summed E-state index contributed by atoms with van der Waals surface area (Å²) in [4.78, 5) is 21.4. The average Bonchev–Trinajstić information content (AvgIpc) is 2.66. The molecule has 0 saturated carbocycles. The Morgan fingerprint density at radius 2 is 1.31 bits per heavy atom. The van der Waals surface area contributed by atoms with Crippen LogP contribution in [-0.2, 0) is 25.7 Å². The van der Waals surface area contributed by atoms with Crippen molar-refractivity contribution in [2.45, 2.75) is 53.4 Å². The molecule has 0 spiro atoms. The van der Waals surface area contributed by atoms with E-state index in [1.807, 2.05) is 32.0 Å². The Kier molecular flexibility index (Phi) is 8.56. The number of hydrogen-bond donors (Lipinski definition) is 2. The molecule has 0 fully saturated rings. The number of aryl methyl sites for hydroxylation is 4. The minimum atomic E-state index is -0.850. The highest BCUT2D eigenvalue weighted by Gasteiger charge is 2.08. The Morgan fingerprint density at radius 1 is 0.692 bits per heavy atom. The van der Waals surface area contributed by atoms with E-state index in [4.69, 9.17) is 10.2 Å². The van der Waals surface area contributed by atoms with Gasteiger partial charge in [0.2, 0.25) is 0 Å². The first-order valence-corrected chi connectivity index (χ1v) is 9.07. The van der Waals surface area contributed by atoms with Crippen LogP contribution in [0.1, 0.15) is 70.7 Å². The van der Waals surface area contributed by atoms with Crippen LogP contribution in [0.25, 0.3) is 0 Å². The van der Waals surface area contributed by atoms with Gasteiger partial charge in [0, 0.05) is 0 Å².